The van der Waals surface area contributed by atoms with Crippen molar-refractivity contribution in [3.63, 3.8) is 0 Å². The third-order valence-electron chi connectivity index (χ3n) is 2.85. The summed E-state index contributed by atoms with van der Waals surface area (Å²) in [6, 6.07) is 6.83. The highest BCUT2D eigenvalue weighted by molar-refractivity contribution is 9.10. The number of aliphatic hydroxyl groups is 1. The molecule has 0 amide bonds. The predicted octanol–water partition coefficient (Wildman–Crippen LogP) is 5.31. The van der Waals surface area contributed by atoms with Crippen LogP contribution in [0, 0.1) is 11.6 Å². The van der Waals surface area contributed by atoms with Crippen LogP contribution in [0.3, 0.4) is 0 Å². The maximum atomic E-state index is 14.0. The summed E-state index contributed by atoms with van der Waals surface area (Å²) in [5.74, 6) is -1.15. The van der Waals surface area contributed by atoms with Gasteiger partial charge in [-0.15, -0.1) is 0 Å². The van der Waals surface area contributed by atoms with Crippen molar-refractivity contribution in [3.05, 3.63) is 67.6 Å². The van der Waals surface area contributed by atoms with Crippen molar-refractivity contribution >= 4 is 39.1 Å². The first kappa shape index (κ1) is 15.7. The van der Waals surface area contributed by atoms with Gasteiger partial charge in [-0.05, 0) is 39.7 Å². The summed E-state index contributed by atoms with van der Waals surface area (Å²) in [6.45, 7) is 0. The molecular formula is C14H9BrCl2F2O. The third kappa shape index (κ3) is 3.31. The average molecular weight is 382 g/mol. The van der Waals surface area contributed by atoms with Gasteiger partial charge >= 0.3 is 0 Å². The van der Waals surface area contributed by atoms with Crippen molar-refractivity contribution in [1.82, 2.24) is 0 Å². The van der Waals surface area contributed by atoms with Crippen molar-refractivity contribution in [1.29, 1.82) is 0 Å². The predicted molar refractivity (Wildman–Crippen MR) is 79.2 cm³/mol. The zero-order chi connectivity index (χ0) is 14.9. The standard InChI is InChI=1S/C14H9BrCl2F2O/c15-10-4-3-9(14(19)13(10)17)12(20)5-7-1-2-8(18)6-11(7)16/h1-4,6,12,20H,5H2. The fraction of sp³-hybridized carbons (Fsp3) is 0.143. The molecular weight excluding hydrogens is 373 g/mol. The van der Waals surface area contributed by atoms with E-state index in [-0.39, 0.29) is 22.0 Å². The summed E-state index contributed by atoms with van der Waals surface area (Å²) >= 11 is 14.8. The van der Waals surface area contributed by atoms with Crippen LogP contribution in [-0.2, 0) is 6.42 Å². The van der Waals surface area contributed by atoms with E-state index in [1.807, 2.05) is 0 Å². The van der Waals surface area contributed by atoms with Crippen molar-refractivity contribution in [2.75, 3.05) is 0 Å². The molecule has 1 N–H and O–H groups in total. The maximum Gasteiger partial charge on any atom is 0.148 e. The van der Waals surface area contributed by atoms with Gasteiger partial charge in [-0.2, -0.15) is 0 Å². The largest absolute Gasteiger partial charge is 0.388 e. The monoisotopic (exact) mass is 380 g/mol. The normalized spacial score (nSPS) is 12.5. The molecule has 6 heteroatoms. The van der Waals surface area contributed by atoms with Crippen LogP contribution in [0.4, 0.5) is 8.78 Å². The van der Waals surface area contributed by atoms with Gasteiger partial charge in [0, 0.05) is 21.5 Å². The second-order valence-electron chi connectivity index (χ2n) is 4.22. The number of hydrogen-bond donors (Lipinski definition) is 1. The summed E-state index contributed by atoms with van der Waals surface area (Å²) in [5.41, 5.74) is 0.595. The van der Waals surface area contributed by atoms with Gasteiger partial charge in [-0.25, -0.2) is 8.78 Å². The molecule has 0 radical (unpaired) electrons. The van der Waals surface area contributed by atoms with Crippen LogP contribution in [0.5, 0.6) is 0 Å². The van der Waals surface area contributed by atoms with Gasteiger partial charge in [-0.3, -0.25) is 0 Å². The molecule has 106 valence electrons. The number of rotatable bonds is 3. The van der Waals surface area contributed by atoms with E-state index in [9.17, 15) is 13.9 Å². The summed E-state index contributed by atoms with van der Waals surface area (Å²) < 4.78 is 27.3. The lowest BCUT2D eigenvalue weighted by Crippen LogP contribution is -2.05. The van der Waals surface area contributed by atoms with Crippen molar-refractivity contribution in [2.24, 2.45) is 0 Å². The molecule has 0 aromatic heterocycles. The third-order valence-corrected chi connectivity index (χ3v) is 4.46. The number of benzene rings is 2. The Hall–Kier alpha value is -0.680. The molecule has 1 unspecified atom stereocenters. The van der Waals surface area contributed by atoms with Gasteiger partial charge in [0.1, 0.15) is 11.6 Å². The van der Waals surface area contributed by atoms with E-state index in [4.69, 9.17) is 23.2 Å². The highest BCUT2D eigenvalue weighted by Gasteiger charge is 2.18. The fourth-order valence-electron chi connectivity index (χ4n) is 1.80. The molecule has 0 saturated carbocycles. The molecule has 2 aromatic rings. The zero-order valence-corrected chi connectivity index (χ0v) is 13.1. The van der Waals surface area contributed by atoms with Crippen molar-refractivity contribution in [3.8, 4) is 0 Å². The molecule has 0 spiro atoms. The first-order valence-corrected chi connectivity index (χ1v) is 7.20. The van der Waals surface area contributed by atoms with Gasteiger partial charge in [0.15, 0.2) is 0 Å². The van der Waals surface area contributed by atoms with Crippen molar-refractivity contribution in [2.45, 2.75) is 12.5 Å². The van der Waals surface area contributed by atoms with E-state index in [0.717, 1.165) is 6.07 Å². The second-order valence-corrected chi connectivity index (χ2v) is 5.86. The molecule has 0 heterocycles. The van der Waals surface area contributed by atoms with Crippen LogP contribution in [0.1, 0.15) is 17.2 Å². The highest BCUT2D eigenvalue weighted by Crippen LogP contribution is 2.32. The summed E-state index contributed by atoms with van der Waals surface area (Å²) in [5, 5.41) is 10.2. The van der Waals surface area contributed by atoms with Crippen LogP contribution in [0.2, 0.25) is 10.0 Å². The van der Waals surface area contributed by atoms with E-state index < -0.39 is 17.7 Å². The maximum absolute atomic E-state index is 14.0. The zero-order valence-electron chi connectivity index (χ0n) is 10.0. The Balaban J connectivity index is 2.28. The Morgan fingerprint density at radius 2 is 1.85 bits per heavy atom. The first-order valence-electron chi connectivity index (χ1n) is 5.65. The molecule has 0 fully saturated rings. The number of aliphatic hydroxyl groups excluding tert-OH is 1. The molecule has 2 rings (SSSR count). The van der Waals surface area contributed by atoms with Gasteiger partial charge in [0.2, 0.25) is 0 Å². The van der Waals surface area contributed by atoms with Gasteiger partial charge in [0.25, 0.3) is 0 Å². The van der Waals surface area contributed by atoms with Crippen LogP contribution < -0.4 is 0 Å². The van der Waals surface area contributed by atoms with Crippen LogP contribution in [-0.4, -0.2) is 5.11 Å². The molecule has 1 atom stereocenters. The minimum atomic E-state index is -1.12. The van der Waals surface area contributed by atoms with Crippen LogP contribution in [0.25, 0.3) is 0 Å². The topological polar surface area (TPSA) is 20.2 Å². The summed E-state index contributed by atoms with van der Waals surface area (Å²) in [4.78, 5) is 0. The Morgan fingerprint density at radius 3 is 2.50 bits per heavy atom. The van der Waals surface area contributed by atoms with E-state index in [0.29, 0.717) is 10.0 Å². The quantitative estimate of drug-likeness (QED) is 0.714. The minimum Gasteiger partial charge on any atom is -0.388 e. The van der Waals surface area contributed by atoms with E-state index >= 15 is 0 Å². The molecule has 0 aliphatic heterocycles. The van der Waals surface area contributed by atoms with Crippen molar-refractivity contribution < 1.29 is 13.9 Å². The molecule has 1 nitrogen and oxygen atoms in total. The summed E-state index contributed by atoms with van der Waals surface area (Å²) in [6.07, 6.45) is -1.06. The Morgan fingerprint density at radius 1 is 1.15 bits per heavy atom. The molecule has 0 saturated heterocycles. The van der Waals surface area contributed by atoms with Gasteiger partial charge in [0.05, 0.1) is 11.1 Å². The fourth-order valence-corrected chi connectivity index (χ4v) is 2.53. The number of hydrogen-bond acceptors (Lipinski definition) is 1. The van der Waals surface area contributed by atoms with Crippen LogP contribution >= 0.6 is 39.1 Å². The molecule has 0 aliphatic rings. The van der Waals surface area contributed by atoms with Gasteiger partial charge < -0.3 is 5.11 Å². The van der Waals surface area contributed by atoms with E-state index in [2.05, 4.69) is 15.9 Å². The average Bonchev–Trinajstić information content (AvgIpc) is 2.39. The Labute approximate surface area is 133 Å². The lowest BCUT2D eigenvalue weighted by molar-refractivity contribution is 0.173. The van der Waals surface area contributed by atoms with Crippen LogP contribution in [0.15, 0.2) is 34.8 Å². The lowest BCUT2D eigenvalue weighted by Gasteiger charge is -2.14. The SMILES string of the molecule is OC(Cc1ccc(F)cc1Cl)c1ccc(Br)c(Cl)c1F. The highest BCUT2D eigenvalue weighted by atomic mass is 79.9. The second kappa shape index (κ2) is 6.39. The smallest absolute Gasteiger partial charge is 0.148 e. The summed E-state index contributed by atoms with van der Waals surface area (Å²) in [7, 11) is 0. The van der Waals surface area contributed by atoms with E-state index in [1.165, 1.54) is 18.2 Å². The Bertz CT molecular complexity index is 649. The molecule has 0 bridgehead atoms. The first-order chi connectivity index (χ1) is 9.40. The Kier molecular flexibility index (Phi) is 5.02. The number of halogens is 5. The lowest BCUT2D eigenvalue weighted by atomic mass is 10.0. The molecule has 0 aliphatic carbocycles. The molecule has 2 aromatic carbocycles. The minimum absolute atomic E-state index is 0.0635. The molecule has 20 heavy (non-hydrogen) atoms. The van der Waals surface area contributed by atoms with Gasteiger partial charge in [-0.1, -0.05) is 35.3 Å². The van der Waals surface area contributed by atoms with E-state index in [1.54, 1.807) is 6.07 Å².